The molecular weight excluding hydrogens is 404 g/mol. The first-order chi connectivity index (χ1) is 15.8. The summed E-state index contributed by atoms with van der Waals surface area (Å²) >= 11 is 0. The molecular formula is C24H34N6O2. The SMILES string of the molecule is CNc1cc(NC2CCCCC2)nc2c(C3CCC3)cnn12.CO.O=Cc1cccnc1. The highest BCUT2D eigenvalue weighted by Crippen LogP contribution is 2.38. The summed E-state index contributed by atoms with van der Waals surface area (Å²) in [7, 11) is 2.95. The Morgan fingerprint density at radius 3 is 2.44 bits per heavy atom. The molecule has 172 valence electrons. The molecule has 0 aliphatic heterocycles. The molecule has 3 aromatic heterocycles. The van der Waals surface area contributed by atoms with E-state index in [2.05, 4.69) is 26.8 Å². The topological polar surface area (TPSA) is 104 Å². The molecule has 2 saturated carbocycles. The van der Waals surface area contributed by atoms with Crippen LogP contribution < -0.4 is 10.6 Å². The van der Waals surface area contributed by atoms with Crippen LogP contribution in [0.5, 0.6) is 0 Å². The molecule has 0 saturated heterocycles. The molecule has 0 radical (unpaired) electrons. The molecule has 2 aliphatic carbocycles. The van der Waals surface area contributed by atoms with Crippen LogP contribution in [0.1, 0.15) is 73.2 Å². The zero-order valence-electron chi connectivity index (χ0n) is 19.0. The highest BCUT2D eigenvalue weighted by atomic mass is 16.2. The number of rotatable bonds is 5. The predicted molar refractivity (Wildman–Crippen MR) is 127 cm³/mol. The van der Waals surface area contributed by atoms with E-state index in [1.54, 1.807) is 18.3 Å². The van der Waals surface area contributed by atoms with Crippen LogP contribution in [0.4, 0.5) is 11.6 Å². The van der Waals surface area contributed by atoms with Gasteiger partial charge >= 0.3 is 0 Å². The second kappa shape index (κ2) is 12.1. The number of pyridine rings is 1. The summed E-state index contributed by atoms with van der Waals surface area (Å²) in [6, 6.07) is 6.09. The van der Waals surface area contributed by atoms with Crippen LogP contribution in [0.2, 0.25) is 0 Å². The Hall–Kier alpha value is -3.00. The zero-order chi connectivity index (χ0) is 22.8. The number of fused-ring (bicyclic) bond motifs is 1. The quantitative estimate of drug-likeness (QED) is 0.511. The van der Waals surface area contributed by atoms with E-state index in [0.717, 1.165) is 30.7 Å². The van der Waals surface area contributed by atoms with Crippen LogP contribution in [0.25, 0.3) is 5.65 Å². The van der Waals surface area contributed by atoms with Gasteiger partial charge in [0.1, 0.15) is 11.6 Å². The van der Waals surface area contributed by atoms with Crippen molar-refractivity contribution >= 4 is 23.6 Å². The van der Waals surface area contributed by atoms with Crippen molar-refractivity contribution in [3.8, 4) is 0 Å². The Morgan fingerprint density at radius 2 is 1.88 bits per heavy atom. The molecule has 2 aliphatic rings. The Kier molecular flexibility index (Phi) is 8.98. The molecule has 5 rings (SSSR count). The van der Waals surface area contributed by atoms with Gasteiger partial charge in [0, 0.05) is 49.8 Å². The van der Waals surface area contributed by atoms with Crippen molar-refractivity contribution in [1.29, 1.82) is 0 Å². The van der Waals surface area contributed by atoms with E-state index in [9.17, 15) is 4.79 Å². The summed E-state index contributed by atoms with van der Waals surface area (Å²) in [6.45, 7) is 0. The van der Waals surface area contributed by atoms with E-state index < -0.39 is 0 Å². The van der Waals surface area contributed by atoms with Crippen LogP contribution in [-0.4, -0.2) is 51.2 Å². The first kappa shape index (κ1) is 23.7. The molecule has 0 aromatic carbocycles. The molecule has 32 heavy (non-hydrogen) atoms. The van der Waals surface area contributed by atoms with Gasteiger partial charge in [0.25, 0.3) is 0 Å². The minimum Gasteiger partial charge on any atom is -0.400 e. The van der Waals surface area contributed by atoms with Gasteiger partial charge in [-0.15, -0.1) is 0 Å². The van der Waals surface area contributed by atoms with Gasteiger partial charge in [0.05, 0.1) is 6.20 Å². The van der Waals surface area contributed by atoms with Crippen molar-refractivity contribution in [1.82, 2.24) is 19.6 Å². The smallest absolute Gasteiger partial charge is 0.163 e. The fourth-order valence-corrected chi connectivity index (χ4v) is 4.14. The third-order valence-corrected chi connectivity index (χ3v) is 6.08. The van der Waals surface area contributed by atoms with Crippen molar-refractivity contribution < 1.29 is 9.90 Å². The highest BCUT2D eigenvalue weighted by Gasteiger charge is 2.25. The van der Waals surface area contributed by atoms with Gasteiger partial charge in [-0.1, -0.05) is 25.7 Å². The number of anilines is 2. The van der Waals surface area contributed by atoms with Crippen LogP contribution in [0.3, 0.4) is 0 Å². The lowest BCUT2D eigenvalue weighted by atomic mass is 9.81. The molecule has 2 fully saturated rings. The first-order valence-corrected chi connectivity index (χ1v) is 11.4. The number of aliphatic hydroxyl groups excluding tert-OH is 1. The number of carbonyl (C=O) groups is 1. The van der Waals surface area contributed by atoms with Gasteiger partial charge in [-0.2, -0.15) is 9.61 Å². The van der Waals surface area contributed by atoms with Crippen LogP contribution in [0, 0.1) is 0 Å². The summed E-state index contributed by atoms with van der Waals surface area (Å²) in [5.41, 5.74) is 2.96. The zero-order valence-corrected chi connectivity index (χ0v) is 19.0. The van der Waals surface area contributed by atoms with Crippen LogP contribution in [-0.2, 0) is 0 Å². The molecule has 3 N–H and O–H groups in total. The fraction of sp³-hybridized carbons (Fsp3) is 0.500. The van der Waals surface area contributed by atoms with Gasteiger partial charge in [0.2, 0.25) is 0 Å². The second-order valence-electron chi connectivity index (χ2n) is 8.12. The normalized spacial score (nSPS) is 16.1. The van der Waals surface area contributed by atoms with Gasteiger partial charge in [-0.05, 0) is 43.7 Å². The average molecular weight is 439 g/mol. The van der Waals surface area contributed by atoms with Crippen molar-refractivity contribution in [2.24, 2.45) is 0 Å². The van der Waals surface area contributed by atoms with Gasteiger partial charge in [-0.3, -0.25) is 9.78 Å². The van der Waals surface area contributed by atoms with Gasteiger partial charge < -0.3 is 15.7 Å². The predicted octanol–water partition coefficient (Wildman–Crippen LogP) is 4.29. The van der Waals surface area contributed by atoms with Crippen molar-refractivity contribution in [2.45, 2.75) is 63.3 Å². The Labute approximate surface area is 189 Å². The van der Waals surface area contributed by atoms with Gasteiger partial charge in [0.15, 0.2) is 11.9 Å². The van der Waals surface area contributed by atoms with Crippen LogP contribution in [0.15, 0.2) is 36.8 Å². The maximum atomic E-state index is 9.97. The Morgan fingerprint density at radius 1 is 1.09 bits per heavy atom. The van der Waals surface area contributed by atoms with Crippen molar-refractivity contribution in [2.75, 3.05) is 24.8 Å². The molecule has 0 spiro atoms. The number of nitrogens with zero attached hydrogens (tertiary/aromatic N) is 4. The summed E-state index contributed by atoms with van der Waals surface area (Å²) in [6.07, 6.45) is 16.4. The third-order valence-electron chi connectivity index (χ3n) is 6.08. The van der Waals surface area contributed by atoms with Crippen LogP contribution >= 0.6 is 0 Å². The molecule has 0 unspecified atom stereocenters. The largest absolute Gasteiger partial charge is 0.400 e. The number of aromatic nitrogens is 4. The molecule has 3 aromatic rings. The summed E-state index contributed by atoms with van der Waals surface area (Å²) in [4.78, 5) is 18.6. The average Bonchev–Trinajstić information content (AvgIpc) is 3.24. The Balaban J connectivity index is 0.000000244. The summed E-state index contributed by atoms with van der Waals surface area (Å²) in [5, 5.41) is 18.4. The highest BCUT2D eigenvalue weighted by molar-refractivity contribution is 5.73. The Bertz CT molecular complexity index is 965. The monoisotopic (exact) mass is 438 g/mol. The van der Waals surface area contributed by atoms with E-state index in [-0.39, 0.29) is 0 Å². The van der Waals surface area contributed by atoms with Gasteiger partial charge in [-0.25, -0.2) is 4.98 Å². The number of carbonyl (C=O) groups excluding carboxylic acids is 1. The number of nitrogens with one attached hydrogen (secondary N) is 2. The first-order valence-electron chi connectivity index (χ1n) is 11.4. The lowest BCUT2D eigenvalue weighted by Gasteiger charge is -2.25. The molecule has 0 bridgehead atoms. The second-order valence-corrected chi connectivity index (χ2v) is 8.12. The van der Waals surface area contributed by atoms with E-state index in [4.69, 9.17) is 10.1 Å². The van der Waals surface area contributed by atoms with Crippen molar-refractivity contribution in [3.63, 3.8) is 0 Å². The summed E-state index contributed by atoms with van der Waals surface area (Å²) < 4.78 is 1.94. The maximum Gasteiger partial charge on any atom is 0.163 e. The number of hydrogen-bond donors (Lipinski definition) is 3. The lowest BCUT2D eigenvalue weighted by molar-refractivity contribution is 0.112. The molecule has 0 amide bonds. The maximum absolute atomic E-state index is 9.97. The minimum absolute atomic E-state index is 0.573. The van der Waals surface area contributed by atoms with E-state index >= 15 is 0 Å². The fourth-order valence-electron chi connectivity index (χ4n) is 4.14. The number of aliphatic hydroxyl groups is 1. The minimum atomic E-state index is 0.573. The van der Waals surface area contributed by atoms with E-state index in [1.807, 2.05) is 17.8 Å². The standard InChI is InChI=1S/C17H25N5.C6H5NO.CH4O/c1-18-16-10-15(20-13-8-3-2-4-9-13)21-17-14(11-19-22(16)17)12-6-5-7-12;8-5-6-2-1-3-7-4-6;1-2/h10-13,18H,2-9H2,1H3,(H,20,21);1-5H;2H,1H3. The number of aldehydes is 1. The van der Waals surface area contributed by atoms with E-state index in [0.29, 0.717) is 17.5 Å². The lowest BCUT2D eigenvalue weighted by Crippen LogP contribution is -2.23. The van der Waals surface area contributed by atoms with E-state index in [1.165, 1.54) is 63.1 Å². The molecule has 8 heteroatoms. The summed E-state index contributed by atoms with van der Waals surface area (Å²) in [5.74, 6) is 2.65. The number of hydrogen-bond acceptors (Lipinski definition) is 7. The molecule has 8 nitrogen and oxygen atoms in total. The molecule has 0 atom stereocenters. The third kappa shape index (κ3) is 5.82. The molecule has 3 heterocycles. The van der Waals surface area contributed by atoms with Crippen molar-refractivity contribution in [3.05, 3.63) is 47.9 Å².